The Labute approximate surface area is 87.4 Å². The first-order chi connectivity index (χ1) is 6.26. The molecule has 0 fully saturated rings. The number of rotatable bonds is 4. The molecule has 0 saturated heterocycles. The molecule has 1 aromatic rings. The van der Waals surface area contributed by atoms with Gasteiger partial charge in [0.1, 0.15) is 0 Å². The highest BCUT2D eigenvalue weighted by Gasteiger charge is 2.04. The summed E-state index contributed by atoms with van der Waals surface area (Å²) in [5, 5.41) is 8.54. The Morgan fingerprint density at radius 1 is 1.62 bits per heavy atom. The molecule has 1 aromatic heterocycles. The molecule has 0 radical (unpaired) electrons. The van der Waals surface area contributed by atoms with Crippen LogP contribution in [0, 0.1) is 11.3 Å². The van der Waals surface area contributed by atoms with Gasteiger partial charge in [0.05, 0.1) is 17.0 Å². The number of nitriles is 1. The van der Waals surface area contributed by atoms with Crippen molar-refractivity contribution in [3.63, 3.8) is 0 Å². The molecule has 2 nitrogen and oxygen atoms in total. The van der Waals surface area contributed by atoms with Gasteiger partial charge in [-0.15, -0.1) is 11.3 Å². The minimum atomic E-state index is 0.478. The third-order valence-electron chi connectivity index (χ3n) is 1.75. The van der Waals surface area contributed by atoms with Gasteiger partial charge in [-0.1, -0.05) is 18.5 Å². The molecule has 0 atom stereocenters. The van der Waals surface area contributed by atoms with Crippen molar-refractivity contribution in [3.8, 4) is 6.07 Å². The minimum absolute atomic E-state index is 0.478. The lowest BCUT2D eigenvalue weighted by Crippen LogP contribution is -2.22. The Balaban J connectivity index is 2.52. The van der Waals surface area contributed by atoms with Crippen molar-refractivity contribution in [1.29, 1.82) is 5.26 Å². The summed E-state index contributed by atoms with van der Waals surface area (Å²) in [5.74, 6) is 0. The van der Waals surface area contributed by atoms with Crippen LogP contribution in [0.15, 0.2) is 12.1 Å². The zero-order valence-electron chi connectivity index (χ0n) is 7.46. The van der Waals surface area contributed by atoms with Crippen LogP contribution in [0.5, 0.6) is 0 Å². The average Bonchev–Trinajstić information content (AvgIpc) is 2.50. The first-order valence-electron chi connectivity index (χ1n) is 4.09. The van der Waals surface area contributed by atoms with E-state index >= 15 is 0 Å². The molecule has 0 aliphatic carbocycles. The maximum atomic E-state index is 8.54. The third-order valence-corrected chi connectivity index (χ3v) is 2.97. The molecule has 0 bridgehead atoms. The van der Waals surface area contributed by atoms with Crippen molar-refractivity contribution in [2.24, 2.45) is 0 Å². The molecular weight excluding hydrogens is 204 g/mol. The molecule has 0 spiro atoms. The fraction of sp³-hybridized carbons (Fsp3) is 0.444. The number of nitrogens with zero attached hydrogens (tertiary/aromatic N) is 2. The quantitative estimate of drug-likeness (QED) is 0.721. The summed E-state index contributed by atoms with van der Waals surface area (Å²) in [7, 11) is 0. The Kier molecular flexibility index (Phi) is 4.23. The lowest BCUT2D eigenvalue weighted by atomic mass is 10.4. The second-order valence-corrected chi connectivity index (χ2v) is 4.47. The average molecular weight is 215 g/mol. The van der Waals surface area contributed by atoms with Gasteiger partial charge in [-0.2, -0.15) is 5.26 Å². The zero-order valence-corrected chi connectivity index (χ0v) is 9.03. The van der Waals surface area contributed by atoms with Gasteiger partial charge in [-0.3, -0.25) is 4.90 Å². The molecule has 0 amide bonds. The van der Waals surface area contributed by atoms with Gasteiger partial charge in [-0.25, -0.2) is 0 Å². The van der Waals surface area contributed by atoms with Crippen molar-refractivity contribution in [2.75, 3.05) is 13.1 Å². The predicted molar refractivity (Wildman–Crippen MR) is 55.9 cm³/mol. The molecule has 1 rings (SSSR count). The normalized spacial score (nSPS) is 10.3. The van der Waals surface area contributed by atoms with E-state index in [9.17, 15) is 0 Å². The van der Waals surface area contributed by atoms with Crippen LogP contribution in [0.2, 0.25) is 4.34 Å². The van der Waals surface area contributed by atoms with Gasteiger partial charge in [0.25, 0.3) is 0 Å². The van der Waals surface area contributed by atoms with Crippen molar-refractivity contribution < 1.29 is 0 Å². The molecule has 4 heteroatoms. The number of hydrogen-bond acceptors (Lipinski definition) is 3. The van der Waals surface area contributed by atoms with E-state index in [4.69, 9.17) is 16.9 Å². The molecule has 0 aliphatic rings. The highest BCUT2D eigenvalue weighted by Crippen LogP contribution is 2.22. The molecule has 1 heterocycles. The van der Waals surface area contributed by atoms with Gasteiger partial charge in [0.2, 0.25) is 0 Å². The number of hydrogen-bond donors (Lipinski definition) is 0. The summed E-state index contributed by atoms with van der Waals surface area (Å²) in [5.41, 5.74) is 0. The Morgan fingerprint density at radius 2 is 2.38 bits per heavy atom. The second kappa shape index (κ2) is 5.23. The van der Waals surface area contributed by atoms with Crippen LogP contribution in [-0.2, 0) is 6.54 Å². The highest BCUT2D eigenvalue weighted by atomic mass is 35.5. The topological polar surface area (TPSA) is 27.0 Å². The fourth-order valence-corrected chi connectivity index (χ4v) is 2.17. The van der Waals surface area contributed by atoms with E-state index in [0.29, 0.717) is 6.54 Å². The standard InChI is InChI=1S/C9H11ClN2S/c1-2-12(6-5-11)7-8-3-4-9(10)13-8/h3-4H,2,6-7H2,1H3. The number of halogens is 1. The molecule has 70 valence electrons. The minimum Gasteiger partial charge on any atom is -0.286 e. The van der Waals surface area contributed by atoms with E-state index in [2.05, 4.69) is 11.0 Å². The molecule has 0 saturated carbocycles. The van der Waals surface area contributed by atoms with Crippen LogP contribution < -0.4 is 0 Å². The van der Waals surface area contributed by atoms with Crippen LogP contribution in [0.3, 0.4) is 0 Å². The molecule has 0 aliphatic heterocycles. The lowest BCUT2D eigenvalue weighted by molar-refractivity contribution is 0.317. The largest absolute Gasteiger partial charge is 0.286 e. The maximum Gasteiger partial charge on any atom is 0.0931 e. The lowest BCUT2D eigenvalue weighted by Gasteiger charge is -2.14. The van der Waals surface area contributed by atoms with E-state index in [-0.39, 0.29) is 0 Å². The van der Waals surface area contributed by atoms with Gasteiger partial charge < -0.3 is 0 Å². The van der Waals surface area contributed by atoms with Crippen molar-refractivity contribution in [2.45, 2.75) is 13.5 Å². The summed E-state index contributed by atoms with van der Waals surface area (Å²) in [4.78, 5) is 3.28. The predicted octanol–water partition coefficient (Wildman–Crippen LogP) is 2.75. The van der Waals surface area contributed by atoms with Gasteiger partial charge >= 0.3 is 0 Å². The Bertz CT molecular complexity index is 303. The Hall–Kier alpha value is -0.560. The summed E-state index contributed by atoms with van der Waals surface area (Å²) >= 11 is 7.37. The molecule has 0 aromatic carbocycles. The van der Waals surface area contributed by atoms with Gasteiger partial charge in [0, 0.05) is 11.4 Å². The first-order valence-corrected chi connectivity index (χ1v) is 5.29. The maximum absolute atomic E-state index is 8.54. The van der Waals surface area contributed by atoms with Gasteiger partial charge in [-0.05, 0) is 18.7 Å². The third kappa shape index (κ3) is 3.35. The van der Waals surface area contributed by atoms with Crippen molar-refractivity contribution >= 4 is 22.9 Å². The highest BCUT2D eigenvalue weighted by molar-refractivity contribution is 7.16. The van der Waals surface area contributed by atoms with E-state index in [1.165, 1.54) is 4.88 Å². The molecule has 0 unspecified atom stereocenters. The number of thiophene rings is 1. The van der Waals surface area contributed by atoms with E-state index in [1.54, 1.807) is 11.3 Å². The summed E-state index contributed by atoms with van der Waals surface area (Å²) in [6.45, 7) is 4.24. The summed E-state index contributed by atoms with van der Waals surface area (Å²) < 4.78 is 0.808. The van der Waals surface area contributed by atoms with Crippen molar-refractivity contribution in [1.82, 2.24) is 4.90 Å². The van der Waals surface area contributed by atoms with Crippen LogP contribution >= 0.6 is 22.9 Å². The van der Waals surface area contributed by atoms with E-state index in [1.807, 2.05) is 19.1 Å². The SMILES string of the molecule is CCN(CC#N)Cc1ccc(Cl)s1. The van der Waals surface area contributed by atoms with Crippen LogP contribution in [-0.4, -0.2) is 18.0 Å². The molecule has 0 N–H and O–H groups in total. The molecular formula is C9H11ClN2S. The van der Waals surface area contributed by atoms with Crippen LogP contribution in [0.25, 0.3) is 0 Å². The summed E-state index contributed by atoms with van der Waals surface area (Å²) in [6.07, 6.45) is 0. The Morgan fingerprint density at radius 3 is 2.85 bits per heavy atom. The molecule has 13 heavy (non-hydrogen) atoms. The van der Waals surface area contributed by atoms with Crippen molar-refractivity contribution in [3.05, 3.63) is 21.3 Å². The van der Waals surface area contributed by atoms with Crippen LogP contribution in [0.4, 0.5) is 0 Å². The van der Waals surface area contributed by atoms with E-state index in [0.717, 1.165) is 17.4 Å². The second-order valence-electron chi connectivity index (χ2n) is 2.67. The zero-order chi connectivity index (χ0) is 9.68. The fourth-order valence-electron chi connectivity index (χ4n) is 1.04. The van der Waals surface area contributed by atoms with Crippen LogP contribution in [0.1, 0.15) is 11.8 Å². The first kappa shape index (κ1) is 10.5. The summed E-state index contributed by atoms with van der Waals surface area (Å²) in [6, 6.07) is 6.04. The van der Waals surface area contributed by atoms with Gasteiger partial charge in [0.15, 0.2) is 0 Å². The smallest absolute Gasteiger partial charge is 0.0931 e. The monoisotopic (exact) mass is 214 g/mol. The van der Waals surface area contributed by atoms with E-state index < -0.39 is 0 Å².